The molecule has 3 amide bonds. The Bertz CT molecular complexity index is 1160. The van der Waals surface area contributed by atoms with Gasteiger partial charge in [0.1, 0.15) is 22.8 Å². The summed E-state index contributed by atoms with van der Waals surface area (Å²) in [5.41, 5.74) is -2.83. The van der Waals surface area contributed by atoms with E-state index in [1.807, 2.05) is 0 Å². The smallest absolute Gasteiger partial charge is 0.746 e. The predicted molar refractivity (Wildman–Crippen MR) is 116 cm³/mol. The number of amides is 3. The van der Waals surface area contributed by atoms with E-state index in [1.54, 1.807) is 13.8 Å². The van der Waals surface area contributed by atoms with E-state index in [4.69, 9.17) is 11.6 Å². The van der Waals surface area contributed by atoms with Gasteiger partial charge in [0.2, 0.25) is 11.8 Å². The number of benzene rings is 1. The minimum Gasteiger partial charge on any atom is -0.746 e. The van der Waals surface area contributed by atoms with Gasteiger partial charge in [-0.25, -0.2) is 13.2 Å². The number of rotatable bonds is 11. The number of aliphatic hydroxyl groups excluding tert-OH is 1. The largest absolute Gasteiger partial charge is 1.00 e. The molecule has 11 nitrogen and oxygen atoms in total. The van der Waals surface area contributed by atoms with Crippen molar-refractivity contribution in [2.75, 3.05) is 6.54 Å². The molecule has 4 N–H and O–H groups in total. The van der Waals surface area contributed by atoms with Crippen molar-refractivity contribution >= 4 is 28.0 Å². The second kappa shape index (κ2) is 14.0. The molecule has 0 spiro atoms. The van der Waals surface area contributed by atoms with Gasteiger partial charge in [-0.3, -0.25) is 9.59 Å². The number of carbonyl (C=O) groups is 3. The zero-order valence-electron chi connectivity index (χ0n) is 24.1. The zero-order chi connectivity index (χ0) is 28.9. The van der Waals surface area contributed by atoms with Gasteiger partial charge in [-0.1, -0.05) is 44.1 Å². The van der Waals surface area contributed by atoms with E-state index < -0.39 is 88.3 Å². The summed E-state index contributed by atoms with van der Waals surface area (Å²) >= 11 is 0. The zero-order valence-corrected chi connectivity index (χ0v) is 22.0. The summed E-state index contributed by atoms with van der Waals surface area (Å²) in [5, 5.41) is 17.1. The fourth-order valence-electron chi connectivity index (χ4n) is 3.28. The molecule has 13 heteroatoms. The van der Waals surface area contributed by atoms with Crippen molar-refractivity contribution in [1.29, 1.82) is 0 Å². The summed E-state index contributed by atoms with van der Waals surface area (Å²) in [6.45, 7) is 3.04. The molecule has 4 atom stereocenters. The molecule has 1 aliphatic heterocycles. The Morgan fingerprint density at radius 1 is 1.29 bits per heavy atom. The number of alkyl carbamates (subject to hydrolysis) is 1. The number of ether oxygens (including phenoxy) is 1. The molecule has 0 aromatic heterocycles. The van der Waals surface area contributed by atoms with Gasteiger partial charge < -0.3 is 30.3 Å². The molecule has 1 heterocycles. The van der Waals surface area contributed by atoms with Crippen LogP contribution in [-0.2, 0) is 31.1 Å². The molecule has 34 heavy (non-hydrogen) atoms. The van der Waals surface area contributed by atoms with Crippen LogP contribution in [0.15, 0.2) is 30.2 Å². The summed E-state index contributed by atoms with van der Waals surface area (Å²) in [6, 6.07) is -5.94. The van der Waals surface area contributed by atoms with Crippen molar-refractivity contribution in [3.63, 3.8) is 0 Å². The topological polar surface area (TPSA) is 174 Å². The maximum atomic E-state index is 13.0. The maximum absolute atomic E-state index is 13.0. The minimum absolute atomic E-state index is 0. The van der Waals surface area contributed by atoms with Gasteiger partial charge in [0.15, 0.2) is 5.44 Å². The summed E-state index contributed by atoms with van der Waals surface area (Å²) < 4.78 is 78.1. The summed E-state index contributed by atoms with van der Waals surface area (Å²) in [6.07, 6.45) is -1.20. The monoisotopic (exact) mass is 512 g/mol. The van der Waals surface area contributed by atoms with Gasteiger partial charge in [-0.05, 0) is 30.7 Å². The van der Waals surface area contributed by atoms with Crippen molar-refractivity contribution in [1.82, 2.24) is 16.0 Å². The summed E-state index contributed by atoms with van der Waals surface area (Å²) in [4.78, 5) is 37.4. The first-order valence-electron chi connectivity index (χ1n) is 12.7. The van der Waals surface area contributed by atoms with Crippen LogP contribution in [0.4, 0.5) is 4.79 Å². The fraction of sp³-hybridized carbons (Fsp3) is 0.571. The Morgan fingerprint density at radius 3 is 2.47 bits per heavy atom. The fourth-order valence-corrected chi connectivity index (χ4v) is 3.86. The molecule has 1 saturated heterocycles. The quantitative estimate of drug-likeness (QED) is 0.182. The Kier molecular flexibility index (Phi) is 9.37. The van der Waals surface area contributed by atoms with Crippen LogP contribution in [0, 0.1) is 11.8 Å². The van der Waals surface area contributed by atoms with Gasteiger partial charge >= 0.3 is 35.7 Å². The predicted octanol–water partition coefficient (Wildman–Crippen LogP) is -2.79. The van der Waals surface area contributed by atoms with Crippen molar-refractivity contribution < 1.29 is 73.6 Å². The van der Waals surface area contributed by atoms with Crippen LogP contribution in [0.3, 0.4) is 0 Å². The third kappa shape index (κ3) is 9.88. The van der Waals surface area contributed by atoms with Gasteiger partial charge in [0.25, 0.3) is 0 Å². The van der Waals surface area contributed by atoms with Gasteiger partial charge in [-0.15, -0.1) is 0 Å². The van der Waals surface area contributed by atoms with Crippen LogP contribution in [-0.4, -0.2) is 60.0 Å². The molecular formula is C21H30N3NaO8S. The van der Waals surface area contributed by atoms with E-state index in [1.165, 1.54) is 0 Å². The van der Waals surface area contributed by atoms with E-state index in [0.29, 0.717) is 13.0 Å². The standard InChI is InChI=1S/C21H31N3O8S.Na/c1-13(2)10-16(24-21(28)32-12-14-6-4-3-5-7-14)19(26)23-17(20(27)33(29,30)31)11-15-8-9-22-18(15)25;/h3-7,13,15-17,20,27H,8-12H2,1-2H3,(H,22,25)(H,23,26)(H,24,28)(H,29,30,31);/q;+1/p-1/t15-,16-,17-,20?;/m0./s1/i3D,4D,5D,6D,7D;. The number of carbonyl (C=O) groups excluding carboxylic acids is 3. The van der Waals surface area contributed by atoms with Gasteiger partial charge in [-0.2, -0.15) is 0 Å². The first-order valence-corrected chi connectivity index (χ1v) is 11.7. The van der Waals surface area contributed by atoms with Crippen LogP contribution in [0.25, 0.3) is 0 Å². The Balaban J connectivity index is 0.00000760. The van der Waals surface area contributed by atoms with Crippen LogP contribution >= 0.6 is 0 Å². The summed E-state index contributed by atoms with van der Waals surface area (Å²) in [5.74, 6) is -2.31. The summed E-state index contributed by atoms with van der Waals surface area (Å²) in [7, 11) is -5.27. The van der Waals surface area contributed by atoms with Crippen molar-refractivity contribution in [3.05, 3.63) is 35.8 Å². The normalized spacial score (nSPS) is 20.3. The Labute approximate surface area is 228 Å². The molecule has 1 fully saturated rings. The number of hydrogen-bond acceptors (Lipinski definition) is 8. The molecule has 0 radical (unpaired) electrons. The molecule has 184 valence electrons. The van der Waals surface area contributed by atoms with E-state index in [9.17, 15) is 32.5 Å². The third-order valence-corrected chi connectivity index (χ3v) is 5.80. The minimum atomic E-state index is -5.27. The van der Waals surface area contributed by atoms with Crippen molar-refractivity contribution in [2.45, 2.75) is 57.2 Å². The molecule has 0 bridgehead atoms. The van der Waals surface area contributed by atoms with Crippen LogP contribution in [0.1, 0.15) is 45.5 Å². The first-order chi connectivity index (χ1) is 17.5. The van der Waals surface area contributed by atoms with Crippen molar-refractivity contribution in [2.24, 2.45) is 11.8 Å². The molecule has 0 aliphatic carbocycles. The number of hydrogen-bond donors (Lipinski definition) is 4. The van der Waals surface area contributed by atoms with E-state index in [0.717, 1.165) is 0 Å². The molecule has 2 rings (SSSR count). The molecule has 0 saturated carbocycles. The molecule has 1 aromatic carbocycles. The average Bonchev–Trinajstić information content (AvgIpc) is 3.23. The van der Waals surface area contributed by atoms with Crippen LogP contribution in [0.5, 0.6) is 0 Å². The van der Waals surface area contributed by atoms with Crippen molar-refractivity contribution in [3.8, 4) is 0 Å². The molecular weight excluding hydrogens is 477 g/mol. The van der Waals surface area contributed by atoms with E-state index >= 15 is 0 Å². The van der Waals surface area contributed by atoms with Gasteiger partial charge in [0.05, 0.1) is 12.9 Å². The molecule has 1 aromatic rings. The van der Waals surface area contributed by atoms with E-state index in [-0.39, 0.29) is 53.9 Å². The van der Waals surface area contributed by atoms with Crippen LogP contribution < -0.4 is 45.5 Å². The molecule has 1 unspecified atom stereocenters. The van der Waals surface area contributed by atoms with Gasteiger partial charge in [0, 0.05) is 12.5 Å². The van der Waals surface area contributed by atoms with Crippen LogP contribution in [0.2, 0.25) is 0 Å². The SMILES string of the molecule is [2H]c1c([2H])c([2H])c(COC(=O)N[C@@H](CC(C)C)C(=O)N[C@@H](C[C@@H]2CCNC2=O)C(O)S(=O)(=O)[O-])c([2H])c1[2H].[Na+]. The molecule has 1 aliphatic rings. The van der Waals surface area contributed by atoms with E-state index in [2.05, 4.69) is 16.0 Å². The first kappa shape index (κ1) is 22.7. The Hall–Kier alpha value is -1.70. The number of nitrogens with one attached hydrogen (secondary N) is 3. The number of aliphatic hydroxyl groups is 1. The Morgan fingerprint density at radius 2 is 1.94 bits per heavy atom. The second-order valence-electron chi connectivity index (χ2n) is 8.02. The maximum Gasteiger partial charge on any atom is 1.00 e. The average molecular weight is 513 g/mol. The third-order valence-electron chi connectivity index (χ3n) is 4.88. The second-order valence-corrected chi connectivity index (χ2v) is 9.49.